The van der Waals surface area contributed by atoms with Gasteiger partial charge in [-0.15, -0.1) is 5.10 Å². The van der Waals surface area contributed by atoms with Crippen molar-refractivity contribution < 1.29 is 4.74 Å². The van der Waals surface area contributed by atoms with Gasteiger partial charge in [0.2, 0.25) is 5.88 Å². The van der Waals surface area contributed by atoms with Crippen LogP contribution in [0.2, 0.25) is 0 Å². The molecule has 0 unspecified atom stereocenters. The number of ether oxygens (including phenoxy) is 1. The normalized spacial score (nSPS) is 10.6. The standard InChI is InChI=1S/C12H17N5O/c1-4-13-6-10-7-14-12(15-9(10)3)18-11-5-8(2)16-17-11/h5,7,13H,4,6H2,1-3H3,(H,16,17). The molecule has 2 aromatic rings. The summed E-state index contributed by atoms with van der Waals surface area (Å²) in [5.74, 6) is 0.478. The molecule has 0 spiro atoms. The monoisotopic (exact) mass is 247 g/mol. The van der Waals surface area contributed by atoms with E-state index in [0.717, 1.165) is 30.0 Å². The molecule has 2 N–H and O–H groups in total. The Morgan fingerprint density at radius 2 is 2.22 bits per heavy atom. The van der Waals surface area contributed by atoms with Gasteiger partial charge in [0.1, 0.15) is 0 Å². The fourth-order valence-corrected chi connectivity index (χ4v) is 1.49. The minimum atomic E-state index is 0.319. The van der Waals surface area contributed by atoms with Gasteiger partial charge in [-0.05, 0) is 20.4 Å². The molecule has 2 rings (SSSR count). The molecule has 18 heavy (non-hydrogen) atoms. The Hall–Kier alpha value is -1.95. The Bertz CT molecular complexity index is 523. The Morgan fingerprint density at radius 1 is 1.39 bits per heavy atom. The first-order valence-corrected chi connectivity index (χ1v) is 5.92. The van der Waals surface area contributed by atoms with E-state index in [4.69, 9.17) is 4.74 Å². The molecule has 2 heterocycles. The number of hydrogen-bond donors (Lipinski definition) is 2. The summed E-state index contributed by atoms with van der Waals surface area (Å²) in [6.45, 7) is 7.60. The molecule has 6 heteroatoms. The van der Waals surface area contributed by atoms with Gasteiger partial charge in [-0.2, -0.15) is 4.98 Å². The number of nitrogens with zero attached hydrogens (tertiary/aromatic N) is 3. The zero-order chi connectivity index (χ0) is 13.0. The minimum absolute atomic E-state index is 0.319. The molecule has 0 saturated heterocycles. The molecule has 0 amide bonds. The highest BCUT2D eigenvalue weighted by atomic mass is 16.5. The van der Waals surface area contributed by atoms with Crippen LogP contribution in [0.4, 0.5) is 0 Å². The number of aryl methyl sites for hydroxylation is 2. The van der Waals surface area contributed by atoms with E-state index < -0.39 is 0 Å². The third-order valence-electron chi connectivity index (χ3n) is 2.50. The number of rotatable bonds is 5. The lowest BCUT2D eigenvalue weighted by atomic mass is 10.2. The second-order valence-corrected chi connectivity index (χ2v) is 4.03. The van der Waals surface area contributed by atoms with E-state index in [1.807, 2.05) is 13.8 Å². The number of hydrogen-bond acceptors (Lipinski definition) is 5. The van der Waals surface area contributed by atoms with Crippen molar-refractivity contribution in [1.82, 2.24) is 25.5 Å². The van der Waals surface area contributed by atoms with E-state index >= 15 is 0 Å². The van der Waals surface area contributed by atoms with Gasteiger partial charge in [0, 0.05) is 35.8 Å². The molecule has 0 atom stereocenters. The lowest BCUT2D eigenvalue weighted by Crippen LogP contribution is -2.13. The zero-order valence-corrected chi connectivity index (χ0v) is 10.8. The average molecular weight is 247 g/mol. The predicted octanol–water partition coefficient (Wildman–Crippen LogP) is 1.72. The number of H-pyrrole nitrogens is 1. The van der Waals surface area contributed by atoms with Crippen LogP contribution in [-0.2, 0) is 6.54 Å². The van der Waals surface area contributed by atoms with Crippen molar-refractivity contribution in [3.8, 4) is 11.9 Å². The highest BCUT2D eigenvalue weighted by Crippen LogP contribution is 2.16. The largest absolute Gasteiger partial charge is 0.404 e. The molecule has 0 radical (unpaired) electrons. The van der Waals surface area contributed by atoms with Gasteiger partial charge in [0.15, 0.2) is 0 Å². The number of aromatic nitrogens is 4. The van der Waals surface area contributed by atoms with Gasteiger partial charge in [-0.3, -0.25) is 5.10 Å². The first-order chi connectivity index (χ1) is 8.69. The lowest BCUT2D eigenvalue weighted by Gasteiger charge is -2.06. The molecule has 0 aliphatic carbocycles. The Labute approximate surface area is 106 Å². The van der Waals surface area contributed by atoms with Gasteiger partial charge in [0.05, 0.1) is 0 Å². The number of aromatic amines is 1. The topological polar surface area (TPSA) is 75.7 Å². The maximum absolute atomic E-state index is 5.45. The van der Waals surface area contributed by atoms with Crippen molar-refractivity contribution in [2.75, 3.05) is 6.54 Å². The second kappa shape index (κ2) is 5.59. The van der Waals surface area contributed by atoms with Crippen LogP contribution in [0.15, 0.2) is 12.3 Å². The summed E-state index contributed by atoms with van der Waals surface area (Å²) >= 11 is 0. The second-order valence-electron chi connectivity index (χ2n) is 4.03. The summed E-state index contributed by atoms with van der Waals surface area (Å²) < 4.78 is 5.45. The highest BCUT2D eigenvalue weighted by molar-refractivity contribution is 5.21. The summed E-state index contributed by atoms with van der Waals surface area (Å²) in [6.07, 6.45) is 1.78. The number of nitrogens with one attached hydrogen (secondary N) is 2. The Balaban J connectivity index is 2.08. The molecule has 0 bridgehead atoms. The summed E-state index contributed by atoms with van der Waals surface area (Å²) in [7, 11) is 0. The van der Waals surface area contributed by atoms with Crippen LogP contribution in [0.1, 0.15) is 23.9 Å². The van der Waals surface area contributed by atoms with Crippen LogP contribution < -0.4 is 10.1 Å². The lowest BCUT2D eigenvalue weighted by molar-refractivity contribution is 0.421. The van der Waals surface area contributed by atoms with Crippen LogP contribution in [0.5, 0.6) is 11.9 Å². The summed E-state index contributed by atoms with van der Waals surface area (Å²) in [5, 5.41) is 10.0. The van der Waals surface area contributed by atoms with E-state index in [2.05, 4.69) is 32.4 Å². The maximum atomic E-state index is 5.45. The molecule has 0 saturated carbocycles. The summed E-state index contributed by atoms with van der Waals surface area (Å²) in [5.41, 5.74) is 2.92. The molecule has 0 aliphatic heterocycles. The van der Waals surface area contributed by atoms with Crippen LogP contribution >= 0.6 is 0 Å². The molecular weight excluding hydrogens is 230 g/mol. The first kappa shape index (κ1) is 12.5. The molecule has 0 aromatic carbocycles. The van der Waals surface area contributed by atoms with Crippen LogP contribution in [-0.4, -0.2) is 26.7 Å². The van der Waals surface area contributed by atoms with Crippen LogP contribution in [0, 0.1) is 13.8 Å². The van der Waals surface area contributed by atoms with E-state index in [9.17, 15) is 0 Å². The highest BCUT2D eigenvalue weighted by Gasteiger charge is 2.06. The summed E-state index contributed by atoms with van der Waals surface area (Å²) in [4.78, 5) is 8.47. The molecule has 2 aromatic heterocycles. The van der Waals surface area contributed by atoms with Gasteiger partial charge >= 0.3 is 6.01 Å². The third-order valence-corrected chi connectivity index (χ3v) is 2.50. The van der Waals surface area contributed by atoms with Crippen molar-refractivity contribution in [2.24, 2.45) is 0 Å². The smallest absolute Gasteiger partial charge is 0.323 e. The van der Waals surface area contributed by atoms with Crippen molar-refractivity contribution in [2.45, 2.75) is 27.3 Å². The molecular formula is C12H17N5O. The average Bonchev–Trinajstić information content (AvgIpc) is 2.74. The van der Waals surface area contributed by atoms with Gasteiger partial charge < -0.3 is 10.1 Å². The fourth-order valence-electron chi connectivity index (χ4n) is 1.49. The molecule has 0 aliphatic rings. The van der Waals surface area contributed by atoms with Crippen LogP contribution in [0.25, 0.3) is 0 Å². The summed E-state index contributed by atoms with van der Waals surface area (Å²) in [6, 6.07) is 2.12. The third kappa shape index (κ3) is 3.04. The Morgan fingerprint density at radius 3 is 2.83 bits per heavy atom. The van der Waals surface area contributed by atoms with Gasteiger partial charge in [-0.1, -0.05) is 6.92 Å². The maximum Gasteiger partial charge on any atom is 0.323 e. The van der Waals surface area contributed by atoms with E-state index in [1.165, 1.54) is 0 Å². The van der Waals surface area contributed by atoms with Gasteiger partial charge in [0.25, 0.3) is 0 Å². The van der Waals surface area contributed by atoms with E-state index in [0.29, 0.717) is 11.9 Å². The SMILES string of the molecule is CCNCc1cnc(Oc2cc(C)[nH]n2)nc1C. The fraction of sp³-hybridized carbons (Fsp3) is 0.417. The van der Waals surface area contributed by atoms with E-state index in [-0.39, 0.29) is 0 Å². The van der Waals surface area contributed by atoms with Crippen molar-refractivity contribution >= 4 is 0 Å². The molecule has 96 valence electrons. The zero-order valence-electron chi connectivity index (χ0n) is 10.8. The molecule has 0 fully saturated rings. The van der Waals surface area contributed by atoms with Gasteiger partial charge in [-0.25, -0.2) is 4.98 Å². The van der Waals surface area contributed by atoms with Crippen molar-refractivity contribution in [1.29, 1.82) is 0 Å². The minimum Gasteiger partial charge on any atom is -0.404 e. The first-order valence-electron chi connectivity index (χ1n) is 5.92. The Kier molecular flexibility index (Phi) is 3.88. The van der Waals surface area contributed by atoms with Crippen molar-refractivity contribution in [3.05, 3.63) is 29.2 Å². The van der Waals surface area contributed by atoms with E-state index in [1.54, 1.807) is 12.3 Å². The van der Waals surface area contributed by atoms with Crippen molar-refractivity contribution in [3.63, 3.8) is 0 Å². The predicted molar refractivity (Wildman–Crippen MR) is 67.5 cm³/mol. The quantitative estimate of drug-likeness (QED) is 0.841. The van der Waals surface area contributed by atoms with Crippen LogP contribution in [0.3, 0.4) is 0 Å². The molecule has 6 nitrogen and oxygen atoms in total.